The van der Waals surface area contributed by atoms with Crippen molar-refractivity contribution >= 4 is 77.0 Å². The van der Waals surface area contributed by atoms with Crippen LogP contribution in [0.15, 0.2) is 45.3 Å². The van der Waals surface area contributed by atoms with E-state index in [4.69, 9.17) is 13.9 Å². The number of rotatable bonds is 7. The normalized spacial score (nSPS) is 18.4. The zero-order valence-corrected chi connectivity index (χ0v) is 23.9. The third kappa shape index (κ3) is 4.83. The van der Waals surface area contributed by atoms with Crippen molar-refractivity contribution in [2.24, 2.45) is 5.92 Å². The minimum atomic E-state index is -0.132. The third-order valence-corrected chi connectivity index (χ3v) is 9.97. The molecule has 40 heavy (non-hydrogen) atoms. The van der Waals surface area contributed by atoms with Crippen LogP contribution in [0, 0.1) is 5.92 Å². The first-order chi connectivity index (χ1) is 19.5. The van der Waals surface area contributed by atoms with Crippen LogP contribution in [0.2, 0.25) is 0 Å². The molecule has 2 saturated heterocycles. The highest BCUT2D eigenvalue weighted by atomic mass is 32.1. The van der Waals surface area contributed by atoms with Crippen LogP contribution in [-0.4, -0.2) is 54.2 Å². The van der Waals surface area contributed by atoms with Gasteiger partial charge in [0, 0.05) is 55.2 Å². The molecule has 2 N–H and O–H groups in total. The zero-order valence-electron chi connectivity index (χ0n) is 21.5. The number of hydrogen-bond acceptors (Lipinski definition) is 12. The Balaban J connectivity index is 1.16. The van der Waals surface area contributed by atoms with Crippen molar-refractivity contribution in [2.45, 2.75) is 19.4 Å². The number of ether oxygens (including phenoxy) is 2. The molecule has 0 bridgehead atoms. The van der Waals surface area contributed by atoms with Gasteiger partial charge in [-0.05, 0) is 24.5 Å². The fraction of sp³-hybridized carbons (Fsp3) is 0.333. The van der Waals surface area contributed by atoms with E-state index in [1.54, 1.807) is 29.9 Å². The minimum absolute atomic E-state index is 0.0641. The van der Waals surface area contributed by atoms with Gasteiger partial charge in [-0.25, -0.2) is 4.98 Å². The van der Waals surface area contributed by atoms with Gasteiger partial charge in [0.05, 0.1) is 45.6 Å². The van der Waals surface area contributed by atoms with Crippen LogP contribution >= 0.6 is 34.2 Å². The Labute approximate surface area is 240 Å². The van der Waals surface area contributed by atoms with Crippen LogP contribution in [0.5, 0.6) is 5.75 Å². The van der Waals surface area contributed by atoms with E-state index in [0.717, 1.165) is 60.7 Å². The largest absolute Gasteiger partial charge is 0.490 e. The topological polar surface area (TPSA) is 119 Å². The van der Waals surface area contributed by atoms with Gasteiger partial charge in [0.1, 0.15) is 28.1 Å². The standard InChI is InChI=1S/C27H25N5O5S3/c1-14(15-6-22(34)28-10-15)37-21-8-16(7-19-18(21)13-38-31-19)30-23-11-29-27(39-23)17-12-36-25-20(33)9-24(40-26(17)25)32-2-4-35-5-3-32/h7-9,11-15,30H,2-6,10H2,1H3,(H,28,34)/t14-,15-/m0/s1. The molecule has 0 spiro atoms. The molecule has 0 aliphatic carbocycles. The van der Waals surface area contributed by atoms with E-state index in [-0.39, 0.29) is 23.4 Å². The lowest BCUT2D eigenvalue weighted by molar-refractivity contribution is -0.119. The number of benzene rings is 1. The summed E-state index contributed by atoms with van der Waals surface area (Å²) in [7, 11) is 0. The minimum Gasteiger partial charge on any atom is -0.490 e. The number of carbonyl (C=O) groups excluding carboxylic acids is 1. The first-order valence-corrected chi connectivity index (χ1v) is 15.4. The summed E-state index contributed by atoms with van der Waals surface area (Å²) in [6.07, 6.45) is 3.73. The van der Waals surface area contributed by atoms with Gasteiger partial charge in [0.25, 0.3) is 0 Å². The highest BCUT2D eigenvalue weighted by Crippen LogP contribution is 2.40. The number of amides is 1. The van der Waals surface area contributed by atoms with Crippen molar-refractivity contribution in [1.82, 2.24) is 14.7 Å². The maximum Gasteiger partial charge on any atom is 0.225 e. The number of fused-ring (bicyclic) bond motifs is 2. The maximum atomic E-state index is 12.8. The van der Waals surface area contributed by atoms with E-state index in [0.29, 0.717) is 31.8 Å². The smallest absolute Gasteiger partial charge is 0.225 e. The molecule has 5 aromatic rings. The summed E-state index contributed by atoms with van der Waals surface area (Å²) in [6.45, 7) is 5.42. The van der Waals surface area contributed by atoms with Gasteiger partial charge in [0.15, 0.2) is 5.58 Å². The third-order valence-electron chi connectivity index (χ3n) is 7.18. The summed E-state index contributed by atoms with van der Waals surface area (Å²) in [4.78, 5) is 31.3. The molecule has 0 saturated carbocycles. The molecule has 206 valence electrons. The van der Waals surface area contributed by atoms with Gasteiger partial charge >= 0.3 is 0 Å². The second-order valence-electron chi connectivity index (χ2n) is 9.82. The summed E-state index contributed by atoms with van der Waals surface area (Å²) in [5.74, 6) is 0.917. The molecule has 13 heteroatoms. The summed E-state index contributed by atoms with van der Waals surface area (Å²) in [5.41, 5.74) is 2.69. The van der Waals surface area contributed by atoms with Gasteiger partial charge in [-0.2, -0.15) is 4.37 Å². The average molecular weight is 596 g/mol. The molecule has 1 amide bonds. The van der Waals surface area contributed by atoms with E-state index < -0.39 is 0 Å². The number of morpholine rings is 1. The molecule has 4 aromatic heterocycles. The fourth-order valence-electron chi connectivity index (χ4n) is 4.98. The highest BCUT2D eigenvalue weighted by Gasteiger charge is 2.28. The Morgan fingerprint density at radius 1 is 1.20 bits per heavy atom. The second kappa shape index (κ2) is 10.5. The van der Waals surface area contributed by atoms with Gasteiger partial charge in [-0.15, -0.1) is 11.3 Å². The van der Waals surface area contributed by atoms with E-state index in [9.17, 15) is 9.59 Å². The monoisotopic (exact) mass is 595 g/mol. The van der Waals surface area contributed by atoms with Crippen molar-refractivity contribution in [2.75, 3.05) is 43.1 Å². The van der Waals surface area contributed by atoms with Gasteiger partial charge < -0.3 is 29.4 Å². The molecular weight excluding hydrogens is 571 g/mol. The number of carbonyl (C=O) groups is 1. The molecule has 2 aliphatic heterocycles. The lowest BCUT2D eigenvalue weighted by Crippen LogP contribution is -2.36. The van der Waals surface area contributed by atoms with Gasteiger partial charge in [0.2, 0.25) is 11.3 Å². The van der Waals surface area contributed by atoms with Crippen molar-refractivity contribution in [3.05, 3.63) is 46.3 Å². The molecule has 2 atom stereocenters. The predicted octanol–water partition coefficient (Wildman–Crippen LogP) is 5.07. The number of anilines is 3. The zero-order chi connectivity index (χ0) is 27.2. The molecule has 10 nitrogen and oxygen atoms in total. The van der Waals surface area contributed by atoms with Crippen LogP contribution in [0.3, 0.4) is 0 Å². The molecule has 6 heterocycles. The van der Waals surface area contributed by atoms with Crippen molar-refractivity contribution in [1.29, 1.82) is 0 Å². The van der Waals surface area contributed by atoms with Crippen molar-refractivity contribution in [3.63, 3.8) is 0 Å². The van der Waals surface area contributed by atoms with Crippen LogP contribution in [0.4, 0.5) is 15.7 Å². The molecular formula is C27H25N5O5S3. The Morgan fingerprint density at radius 3 is 2.90 bits per heavy atom. The Bertz CT molecular complexity index is 1770. The van der Waals surface area contributed by atoms with E-state index in [1.807, 2.05) is 24.4 Å². The van der Waals surface area contributed by atoms with Gasteiger partial charge in [-0.3, -0.25) is 9.59 Å². The number of thiazole rings is 1. The lowest BCUT2D eigenvalue weighted by Gasteiger charge is -2.27. The fourth-order valence-corrected chi connectivity index (χ4v) is 7.74. The Kier molecular flexibility index (Phi) is 6.66. The van der Waals surface area contributed by atoms with E-state index in [2.05, 4.69) is 24.9 Å². The molecule has 2 aliphatic rings. The number of nitrogens with zero attached hydrogens (tertiary/aromatic N) is 3. The van der Waals surface area contributed by atoms with Gasteiger partial charge in [-0.1, -0.05) is 11.3 Å². The summed E-state index contributed by atoms with van der Waals surface area (Å²) in [5, 5.41) is 11.8. The maximum absolute atomic E-state index is 12.8. The first-order valence-electron chi connectivity index (χ1n) is 12.9. The molecule has 0 radical (unpaired) electrons. The molecule has 1 aromatic carbocycles. The number of aromatic nitrogens is 2. The van der Waals surface area contributed by atoms with Crippen molar-refractivity contribution < 1.29 is 18.7 Å². The van der Waals surface area contributed by atoms with E-state index >= 15 is 0 Å². The summed E-state index contributed by atoms with van der Waals surface area (Å²) < 4.78 is 22.8. The Morgan fingerprint density at radius 2 is 2.08 bits per heavy atom. The van der Waals surface area contributed by atoms with Crippen LogP contribution in [-0.2, 0) is 9.53 Å². The van der Waals surface area contributed by atoms with Crippen molar-refractivity contribution in [3.8, 4) is 16.3 Å². The van der Waals surface area contributed by atoms with E-state index in [1.165, 1.54) is 22.9 Å². The lowest BCUT2D eigenvalue weighted by atomic mass is 10.0. The van der Waals surface area contributed by atoms with Crippen LogP contribution < -0.4 is 25.7 Å². The quantitative estimate of drug-likeness (QED) is 0.266. The summed E-state index contributed by atoms with van der Waals surface area (Å²) >= 11 is 4.40. The average Bonchev–Trinajstić information content (AvgIpc) is 3.76. The van der Waals surface area contributed by atoms with Crippen LogP contribution in [0.25, 0.3) is 31.8 Å². The Hall–Kier alpha value is -3.52. The molecule has 7 rings (SSSR count). The molecule has 0 unspecified atom stereocenters. The number of hydrogen-bond donors (Lipinski definition) is 2. The van der Waals surface area contributed by atoms with Crippen LogP contribution in [0.1, 0.15) is 13.3 Å². The molecule has 2 fully saturated rings. The first kappa shape index (κ1) is 25.4. The highest BCUT2D eigenvalue weighted by molar-refractivity contribution is 7.23. The SMILES string of the molecule is C[C@H](Oc1cc(Nc2cnc(-c3coc4c(=O)cc(N5CCOCC5)sc34)s2)cc2nscc12)[C@@H]1CNC(=O)C1. The predicted molar refractivity (Wildman–Crippen MR) is 159 cm³/mol. The number of furan rings is 1. The summed E-state index contributed by atoms with van der Waals surface area (Å²) in [6, 6.07) is 5.60. The number of nitrogens with one attached hydrogen (secondary N) is 2. The second-order valence-corrected chi connectivity index (χ2v) is 12.5.